The molecule has 0 aliphatic heterocycles. The van der Waals surface area contributed by atoms with E-state index in [1.807, 2.05) is 0 Å². The zero-order chi connectivity index (χ0) is 27.9. The Kier molecular flexibility index (Phi) is 8.78. The number of benzene rings is 4. The molecule has 40 heavy (non-hydrogen) atoms. The molecule has 0 spiro atoms. The van der Waals surface area contributed by atoms with Crippen LogP contribution in [0.1, 0.15) is 58.4 Å². The van der Waals surface area contributed by atoms with Crippen molar-refractivity contribution in [3.63, 3.8) is 0 Å². The van der Waals surface area contributed by atoms with Crippen LogP contribution in [-0.4, -0.2) is 0 Å². The van der Waals surface area contributed by atoms with Crippen LogP contribution in [0.3, 0.4) is 0 Å². The van der Waals surface area contributed by atoms with E-state index in [1.54, 1.807) is 11.3 Å². The summed E-state index contributed by atoms with van der Waals surface area (Å²) in [6, 6.07) is 33.1. The first kappa shape index (κ1) is 27.4. The van der Waals surface area contributed by atoms with E-state index in [0.29, 0.717) is 0 Å². The maximum Gasteiger partial charge on any atom is 0.0525 e. The third-order valence-electron chi connectivity index (χ3n) is 7.46. The van der Waals surface area contributed by atoms with Crippen LogP contribution >= 0.6 is 11.3 Å². The highest BCUT2D eigenvalue weighted by Gasteiger charge is 2.18. The monoisotopic (exact) mass is 539 g/mol. The molecule has 0 radical (unpaired) electrons. The third-order valence-corrected chi connectivity index (χ3v) is 8.16. The van der Waals surface area contributed by atoms with E-state index in [9.17, 15) is 0 Å². The van der Waals surface area contributed by atoms with Gasteiger partial charge in [0.05, 0.1) is 5.69 Å². The van der Waals surface area contributed by atoms with Gasteiger partial charge in [-0.25, -0.2) is 0 Å². The molecule has 1 heterocycles. The lowest BCUT2D eigenvalue weighted by Gasteiger charge is -2.30. The van der Waals surface area contributed by atoms with Gasteiger partial charge in [-0.2, -0.15) is 11.3 Å². The molecule has 0 N–H and O–H groups in total. The highest BCUT2D eigenvalue weighted by molar-refractivity contribution is 7.08. The van der Waals surface area contributed by atoms with Crippen molar-refractivity contribution in [2.24, 2.45) is 0 Å². The number of para-hydroxylation sites is 2. The van der Waals surface area contributed by atoms with E-state index in [0.717, 1.165) is 12.8 Å². The summed E-state index contributed by atoms with van der Waals surface area (Å²) in [7, 11) is 0. The van der Waals surface area contributed by atoms with Crippen LogP contribution < -0.4 is 4.90 Å². The van der Waals surface area contributed by atoms with E-state index >= 15 is 0 Å². The van der Waals surface area contributed by atoms with Crippen molar-refractivity contribution in [1.29, 1.82) is 0 Å². The van der Waals surface area contributed by atoms with Crippen molar-refractivity contribution < 1.29 is 0 Å². The fourth-order valence-electron chi connectivity index (χ4n) is 5.20. The quantitative estimate of drug-likeness (QED) is 0.168. The predicted octanol–water partition coefficient (Wildman–Crippen LogP) is 11.3. The van der Waals surface area contributed by atoms with E-state index < -0.39 is 0 Å². The summed E-state index contributed by atoms with van der Waals surface area (Å²) in [5.41, 5.74) is 13.9. The lowest BCUT2D eigenvalue weighted by molar-refractivity contribution is 1.06. The number of anilines is 3. The van der Waals surface area contributed by atoms with Crippen LogP contribution in [0.5, 0.6) is 0 Å². The average molecular weight is 540 g/mol. The first-order valence-electron chi connectivity index (χ1n) is 14.1. The second kappa shape index (κ2) is 12.8. The second-order valence-electron chi connectivity index (χ2n) is 10.2. The Labute approximate surface area is 243 Å². The van der Waals surface area contributed by atoms with Crippen LogP contribution in [0, 0.1) is 13.8 Å². The summed E-state index contributed by atoms with van der Waals surface area (Å²) in [6.07, 6.45) is 10.8. The van der Waals surface area contributed by atoms with E-state index in [2.05, 4.69) is 159 Å². The summed E-state index contributed by atoms with van der Waals surface area (Å²) < 4.78 is 0. The molecular weight excluding hydrogens is 502 g/mol. The normalized spacial score (nSPS) is 11.5. The molecule has 0 fully saturated rings. The van der Waals surface area contributed by atoms with Gasteiger partial charge >= 0.3 is 0 Å². The van der Waals surface area contributed by atoms with Crippen molar-refractivity contribution in [3.8, 4) is 0 Å². The van der Waals surface area contributed by atoms with Gasteiger partial charge < -0.3 is 4.90 Å². The van der Waals surface area contributed by atoms with Crippen molar-refractivity contribution >= 4 is 52.7 Å². The minimum absolute atomic E-state index is 0.994. The highest BCUT2D eigenvalue weighted by atomic mass is 32.1. The van der Waals surface area contributed by atoms with Gasteiger partial charge in [0.1, 0.15) is 0 Å². The summed E-state index contributed by atoms with van der Waals surface area (Å²) in [5, 5.41) is 4.28. The SMILES string of the molecule is CCc1cccc(CC)c1N(c1ccccc1)c1ccc(C=Cc2ccc(C=Cc3ccsc3)c(C)c2)c(C)c1. The molecule has 0 amide bonds. The van der Waals surface area contributed by atoms with E-state index in [1.165, 1.54) is 61.6 Å². The van der Waals surface area contributed by atoms with Crippen LogP contribution in [-0.2, 0) is 12.8 Å². The Hall–Kier alpha value is -4.14. The molecule has 0 bridgehead atoms. The lowest BCUT2D eigenvalue weighted by Crippen LogP contribution is -2.14. The summed E-state index contributed by atoms with van der Waals surface area (Å²) in [4.78, 5) is 2.43. The molecule has 0 aliphatic carbocycles. The van der Waals surface area contributed by atoms with Crippen LogP contribution in [0.15, 0.2) is 102 Å². The van der Waals surface area contributed by atoms with Crippen molar-refractivity contribution in [2.45, 2.75) is 40.5 Å². The number of nitrogens with zero attached hydrogens (tertiary/aromatic N) is 1. The zero-order valence-corrected chi connectivity index (χ0v) is 24.7. The first-order valence-corrected chi connectivity index (χ1v) is 15.1. The number of rotatable bonds is 9. The van der Waals surface area contributed by atoms with Gasteiger partial charge in [-0.3, -0.25) is 0 Å². The Morgan fingerprint density at radius 1 is 0.600 bits per heavy atom. The molecule has 0 saturated heterocycles. The van der Waals surface area contributed by atoms with Crippen molar-refractivity contribution in [1.82, 2.24) is 0 Å². The van der Waals surface area contributed by atoms with Gasteiger partial charge in [0.2, 0.25) is 0 Å². The van der Waals surface area contributed by atoms with Gasteiger partial charge in [0.25, 0.3) is 0 Å². The Balaban J connectivity index is 1.45. The largest absolute Gasteiger partial charge is 0.310 e. The topological polar surface area (TPSA) is 3.24 Å². The van der Waals surface area contributed by atoms with Crippen molar-refractivity contribution in [2.75, 3.05) is 4.90 Å². The molecular formula is C38H37NS. The zero-order valence-electron chi connectivity index (χ0n) is 23.9. The maximum atomic E-state index is 2.43. The van der Waals surface area contributed by atoms with Crippen LogP contribution in [0.4, 0.5) is 17.1 Å². The molecule has 5 aromatic rings. The third kappa shape index (κ3) is 6.19. The molecule has 5 rings (SSSR count). The Morgan fingerprint density at radius 2 is 1.25 bits per heavy atom. The fourth-order valence-corrected chi connectivity index (χ4v) is 5.83. The fraction of sp³-hybridized carbons (Fsp3) is 0.158. The standard InChI is InChI=1S/C38H37NS/c1-5-32-11-10-12-33(6-2)38(32)39(36-13-8-7-9-14-36)37-22-21-35(29(4)26-37)19-16-30-15-18-34(28(3)25-30)20-17-31-23-24-40-27-31/h7-27H,5-6H2,1-4H3. The van der Waals surface area contributed by atoms with Crippen molar-refractivity contribution in [3.05, 3.63) is 146 Å². The number of thiophene rings is 1. The molecule has 4 aromatic carbocycles. The number of hydrogen-bond donors (Lipinski definition) is 0. The molecule has 2 heteroatoms. The van der Waals surface area contributed by atoms with Gasteiger partial charge in [-0.15, -0.1) is 0 Å². The molecule has 1 aromatic heterocycles. The number of hydrogen-bond acceptors (Lipinski definition) is 2. The summed E-state index contributed by atoms with van der Waals surface area (Å²) >= 11 is 1.73. The van der Waals surface area contributed by atoms with Crippen LogP contribution in [0.25, 0.3) is 24.3 Å². The highest BCUT2D eigenvalue weighted by Crippen LogP contribution is 2.40. The lowest BCUT2D eigenvalue weighted by atomic mass is 9.99. The minimum atomic E-state index is 0.994. The van der Waals surface area contributed by atoms with E-state index in [4.69, 9.17) is 0 Å². The first-order chi connectivity index (χ1) is 19.6. The Morgan fingerprint density at radius 3 is 1.85 bits per heavy atom. The molecule has 200 valence electrons. The second-order valence-corrected chi connectivity index (χ2v) is 11.0. The molecule has 0 unspecified atom stereocenters. The summed E-state index contributed by atoms with van der Waals surface area (Å²) in [5.74, 6) is 0. The van der Waals surface area contributed by atoms with Gasteiger partial charge in [-0.1, -0.05) is 98.8 Å². The smallest absolute Gasteiger partial charge is 0.0525 e. The molecule has 1 nitrogen and oxygen atoms in total. The summed E-state index contributed by atoms with van der Waals surface area (Å²) in [6.45, 7) is 8.88. The number of aryl methyl sites for hydroxylation is 4. The molecule has 0 saturated carbocycles. The van der Waals surface area contributed by atoms with Gasteiger partial charge in [0.15, 0.2) is 0 Å². The van der Waals surface area contributed by atoms with Crippen LogP contribution in [0.2, 0.25) is 0 Å². The minimum Gasteiger partial charge on any atom is -0.310 e. The van der Waals surface area contributed by atoms with Gasteiger partial charge in [0, 0.05) is 11.4 Å². The predicted molar refractivity (Wildman–Crippen MR) is 178 cm³/mol. The van der Waals surface area contributed by atoms with Gasteiger partial charge in [-0.05, 0) is 112 Å². The average Bonchev–Trinajstić information content (AvgIpc) is 3.51. The molecule has 0 aliphatic rings. The Bertz CT molecular complexity index is 1600. The maximum absolute atomic E-state index is 2.43. The molecule has 0 atom stereocenters. The van der Waals surface area contributed by atoms with E-state index in [-0.39, 0.29) is 0 Å².